The van der Waals surface area contributed by atoms with Crippen LogP contribution in [0.5, 0.6) is 17.2 Å². The SMILES string of the molecule is COc1cc(CNC(=O)COc2ccccc2C(C)(C)C)cc(OC)c1. The quantitative estimate of drug-likeness (QED) is 0.821. The van der Waals surface area contributed by atoms with Gasteiger partial charge in [-0.05, 0) is 34.7 Å². The minimum atomic E-state index is -0.185. The summed E-state index contributed by atoms with van der Waals surface area (Å²) in [4.78, 5) is 12.2. The van der Waals surface area contributed by atoms with Gasteiger partial charge in [0, 0.05) is 12.6 Å². The van der Waals surface area contributed by atoms with E-state index >= 15 is 0 Å². The number of methoxy groups -OCH3 is 2. The molecule has 140 valence electrons. The van der Waals surface area contributed by atoms with Gasteiger partial charge in [0.25, 0.3) is 5.91 Å². The third-order valence-electron chi connectivity index (χ3n) is 3.95. The van der Waals surface area contributed by atoms with Crippen molar-refractivity contribution in [1.82, 2.24) is 5.32 Å². The predicted octanol–water partition coefficient (Wildman–Crippen LogP) is 3.70. The molecule has 0 radical (unpaired) electrons. The van der Waals surface area contributed by atoms with Gasteiger partial charge in [0.1, 0.15) is 17.2 Å². The van der Waals surface area contributed by atoms with Gasteiger partial charge in [0.2, 0.25) is 0 Å². The Balaban J connectivity index is 1.95. The monoisotopic (exact) mass is 357 g/mol. The van der Waals surface area contributed by atoms with Crippen molar-refractivity contribution in [2.24, 2.45) is 0 Å². The zero-order valence-electron chi connectivity index (χ0n) is 16.1. The van der Waals surface area contributed by atoms with Gasteiger partial charge < -0.3 is 19.5 Å². The Morgan fingerprint density at radius 1 is 1.00 bits per heavy atom. The van der Waals surface area contributed by atoms with E-state index in [4.69, 9.17) is 14.2 Å². The van der Waals surface area contributed by atoms with E-state index in [1.165, 1.54) is 0 Å². The van der Waals surface area contributed by atoms with Crippen LogP contribution in [0.15, 0.2) is 42.5 Å². The lowest BCUT2D eigenvalue weighted by molar-refractivity contribution is -0.123. The largest absolute Gasteiger partial charge is 0.497 e. The topological polar surface area (TPSA) is 56.8 Å². The van der Waals surface area contributed by atoms with Gasteiger partial charge >= 0.3 is 0 Å². The lowest BCUT2D eigenvalue weighted by Gasteiger charge is -2.22. The molecule has 0 aliphatic rings. The molecule has 2 aromatic carbocycles. The second-order valence-electron chi connectivity index (χ2n) is 7.03. The number of hydrogen-bond donors (Lipinski definition) is 1. The summed E-state index contributed by atoms with van der Waals surface area (Å²) in [5, 5.41) is 2.85. The smallest absolute Gasteiger partial charge is 0.258 e. The summed E-state index contributed by atoms with van der Waals surface area (Å²) in [5.74, 6) is 1.92. The average Bonchev–Trinajstić information content (AvgIpc) is 2.63. The van der Waals surface area contributed by atoms with E-state index in [0.717, 1.165) is 16.9 Å². The van der Waals surface area contributed by atoms with Crippen molar-refractivity contribution in [3.8, 4) is 17.2 Å². The number of hydrogen-bond acceptors (Lipinski definition) is 4. The Labute approximate surface area is 155 Å². The maximum Gasteiger partial charge on any atom is 0.258 e. The van der Waals surface area contributed by atoms with Gasteiger partial charge in [0.05, 0.1) is 14.2 Å². The predicted molar refractivity (Wildman–Crippen MR) is 102 cm³/mol. The van der Waals surface area contributed by atoms with E-state index < -0.39 is 0 Å². The Hall–Kier alpha value is -2.69. The molecule has 0 aromatic heterocycles. The Morgan fingerprint density at radius 3 is 2.19 bits per heavy atom. The zero-order valence-corrected chi connectivity index (χ0v) is 16.1. The summed E-state index contributed by atoms with van der Waals surface area (Å²) in [6, 6.07) is 13.3. The van der Waals surface area contributed by atoms with Crippen molar-refractivity contribution in [2.45, 2.75) is 32.7 Å². The number of carbonyl (C=O) groups excluding carboxylic acids is 1. The van der Waals surface area contributed by atoms with Crippen LogP contribution in [0.25, 0.3) is 0 Å². The normalized spacial score (nSPS) is 11.0. The molecule has 2 aromatic rings. The molecular formula is C21H27NO4. The summed E-state index contributed by atoms with van der Waals surface area (Å²) >= 11 is 0. The van der Waals surface area contributed by atoms with Crippen LogP contribution in [-0.4, -0.2) is 26.7 Å². The van der Waals surface area contributed by atoms with Gasteiger partial charge in [-0.2, -0.15) is 0 Å². The van der Waals surface area contributed by atoms with Crippen molar-refractivity contribution in [3.63, 3.8) is 0 Å². The standard InChI is InChI=1S/C21H27NO4/c1-21(2,3)18-8-6-7-9-19(18)26-14-20(23)22-13-15-10-16(24-4)12-17(11-15)25-5/h6-12H,13-14H2,1-5H3,(H,22,23). The average molecular weight is 357 g/mol. The molecule has 0 saturated carbocycles. The fraction of sp³-hybridized carbons (Fsp3) is 0.381. The second-order valence-corrected chi connectivity index (χ2v) is 7.03. The third kappa shape index (κ3) is 5.41. The molecular weight excluding hydrogens is 330 g/mol. The van der Waals surface area contributed by atoms with Gasteiger partial charge in [0.15, 0.2) is 6.61 Å². The highest BCUT2D eigenvalue weighted by atomic mass is 16.5. The molecule has 2 rings (SSSR count). The molecule has 0 aliphatic heterocycles. The molecule has 0 spiro atoms. The van der Waals surface area contributed by atoms with Crippen molar-refractivity contribution in [2.75, 3.05) is 20.8 Å². The first-order chi connectivity index (χ1) is 12.3. The molecule has 0 saturated heterocycles. The van der Waals surface area contributed by atoms with Crippen LogP contribution in [0, 0.1) is 0 Å². The molecule has 0 heterocycles. The summed E-state index contributed by atoms with van der Waals surface area (Å²) < 4.78 is 16.2. The summed E-state index contributed by atoms with van der Waals surface area (Å²) in [5.41, 5.74) is 1.92. The Kier molecular flexibility index (Phi) is 6.50. The number of benzene rings is 2. The first-order valence-corrected chi connectivity index (χ1v) is 8.54. The maximum atomic E-state index is 12.2. The molecule has 26 heavy (non-hydrogen) atoms. The summed E-state index contributed by atoms with van der Waals surface area (Å²) in [6.07, 6.45) is 0. The van der Waals surface area contributed by atoms with Crippen LogP contribution in [0.2, 0.25) is 0 Å². The van der Waals surface area contributed by atoms with E-state index in [1.54, 1.807) is 20.3 Å². The first kappa shape index (κ1) is 19.6. The molecule has 0 aliphatic carbocycles. The number of ether oxygens (including phenoxy) is 3. The number of amides is 1. The van der Waals surface area contributed by atoms with Crippen molar-refractivity contribution in [3.05, 3.63) is 53.6 Å². The molecule has 5 heteroatoms. The van der Waals surface area contributed by atoms with Crippen LogP contribution < -0.4 is 19.5 Å². The highest BCUT2D eigenvalue weighted by Gasteiger charge is 2.18. The van der Waals surface area contributed by atoms with E-state index in [2.05, 4.69) is 26.1 Å². The number of rotatable bonds is 7. The van der Waals surface area contributed by atoms with Gasteiger partial charge in [-0.1, -0.05) is 39.0 Å². The summed E-state index contributed by atoms with van der Waals surface area (Å²) in [7, 11) is 3.19. The van der Waals surface area contributed by atoms with E-state index in [0.29, 0.717) is 18.0 Å². The highest BCUT2D eigenvalue weighted by molar-refractivity contribution is 5.77. The zero-order chi connectivity index (χ0) is 19.2. The number of nitrogens with one attached hydrogen (secondary N) is 1. The minimum Gasteiger partial charge on any atom is -0.497 e. The lowest BCUT2D eigenvalue weighted by Crippen LogP contribution is -2.29. The van der Waals surface area contributed by atoms with Crippen molar-refractivity contribution < 1.29 is 19.0 Å². The molecule has 1 amide bonds. The summed E-state index contributed by atoms with van der Waals surface area (Å²) in [6.45, 7) is 6.69. The molecule has 0 unspecified atom stereocenters. The Morgan fingerprint density at radius 2 is 1.62 bits per heavy atom. The molecule has 0 bridgehead atoms. The van der Waals surface area contributed by atoms with Gasteiger partial charge in [-0.25, -0.2) is 0 Å². The van der Waals surface area contributed by atoms with E-state index in [1.807, 2.05) is 36.4 Å². The fourth-order valence-electron chi connectivity index (χ4n) is 2.58. The van der Waals surface area contributed by atoms with E-state index in [-0.39, 0.29) is 17.9 Å². The Bertz CT molecular complexity index is 728. The van der Waals surface area contributed by atoms with Gasteiger partial charge in [-0.15, -0.1) is 0 Å². The van der Waals surface area contributed by atoms with Gasteiger partial charge in [-0.3, -0.25) is 4.79 Å². The second kappa shape index (κ2) is 8.61. The molecule has 0 atom stereocenters. The van der Waals surface area contributed by atoms with Crippen molar-refractivity contribution >= 4 is 5.91 Å². The van der Waals surface area contributed by atoms with Crippen molar-refractivity contribution in [1.29, 1.82) is 0 Å². The number of para-hydroxylation sites is 1. The third-order valence-corrected chi connectivity index (χ3v) is 3.95. The maximum absolute atomic E-state index is 12.2. The van der Waals surface area contributed by atoms with Crippen LogP contribution in [-0.2, 0) is 16.8 Å². The van der Waals surface area contributed by atoms with Crippen LogP contribution in [0.3, 0.4) is 0 Å². The van der Waals surface area contributed by atoms with Crippen LogP contribution in [0.4, 0.5) is 0 Å². The first-order valence-electron chi connectivity index (χ1n) is 8.54. The van der Waals surface area contributed by atoms with E-state index in [9.17, 15) is 4.79 Å². The lowest BCUT2D eigenvalue weighted by atomic mass is 9.86. The minimum absolute atomic E-state index is 0.0335. The molecule has 0 fully saturated rings. The highest BCUT2D eigenvalue weighted by Crippen LogP contribution is 2.30. The van der Waals surface area contributed by atoms with Crippen LogP contribution in [0.1, 0.15) is 31.9 Å². The number of carbonyl (C=O) groups is 1. The molecule has 1 N–H and O–H groups in total. The van der Waals surface area contributed by atoms with Crippen LogP contribution >= 0.6 is 0 Å². The molecule has 5 nitrogen and oxygen atoms in total. The fourth-order valence-corrected chi connectivity index (χ4v) is 2.58.